The van der Waals surface area contributed by atoms with E-state index in [1.54, 1.807) is 24.5 Å². The molecule has 0 aliphatic carbocycles. The lowest BCUT2D eigenvalue weighted by molar-refractivity contribution is -0.132. The van der Waals surface area contributed by atoms with Gasteiger partial charge in [-0.2, -0.15) is 15.1 Å². The van der Waals surface area contributed by atoms with Gasteiger partial charge in [0.15, 0.2) is 5.17 Å². The fourth-order valence-corrected chi connectivity index (χ4v) is 3.80. The first kappa shape index (κ1) is 14.8. The first-order valence-electron chi connectivity index (χ1n) is 7.31. The van der Waals surface area contributed by atoms with Gasteiger partial charge in [0.05, 0.1) is 17.1 Å². The number of rotatable bonds is 2. The Bertz CT molecular complexity index is 859. The fourth-order valence-electron chi connectivity index (χ4n) is 2.87. The first-order chi connectivity index (χ1) is 11.6. The predicted molar refractivity (Wildman–Crippen MR) is 90.1 cm³/mol. The van der Waals surface area contributed by atoms with Gasteiger partial charge < -0.3 is 0 Å². The minimum Gasteiger partial charge on any atom is -0.273 e. The number of nitrogens with zero attached hydrogens (tertiary/aromatic N) is 4. The fraction of sp³-hybridized carbons (Fsp3) is 0.188. The Morgan fingerprint density at radius 1 is 1.17 bits per heavy atom. The number of para-hydroxylation sites is 1. The van der Waals surface area contributed by atoms with Crippen LogP contribution in [0.3, 0.4) is 0 Å². The SMILES string of the molecule is CC1=NN(c2ccccc2)C(=O)C1C1=CSC2=NC(=O)CC(=O)N12. The van der Waals surface area contributed by atoms with Crippen LogP contribution in [0.25, 0.3) is 0 Å². The monoisotopic (exact) mass is 340 g/mol. The third kappa shape index (κ3) is 2.18. The van der Waals surface area contributed by atoms with Gasteiger partial charge in [0.25, 0.3) is 11.8 Å². The number of amides is 3. The van der Waals surface area contributed by atoms with Gasteiger partial charge in [-0.3, -0.25) is 19.3 Å². The molecule has 0 aromatic heterocycles. The van der Waals surface area contributed by atoms with Crippen LogP contribution < -0.4 is 5.01 Å². The van der Waals surface area contributed by atoms with Crippen molar-refractivity contribution in [1.29, 1.82) is 0 Å². The number of amidine groups is 1. The summed E-state index contributed by atoms with van der Waals surface area (Å²) in [5.74, 6) is -1.69. The maximum absolute atomic E-state index is 12.9. The van der Waals surface area contributed by atoms with Crippen molar-refractivity contribution in [3.63, 3.8) is 0 Å². The topological polar surface area (TPSA) is 82.4 Å². The molecule has 3 amide bonds. The zero-order chi connectivity index (χ0) is 16.8. The van der Waals surface area contributed by atoms with Crippen molar-refractivity contribution in [3.8, 4) is 0 Å². The lowest BCUT2D eigenvalue weighted by atomic mass is 9.99. The van der Waals surface area contributed by atoms with E-state index in [0.717, 1.165) is 0 Å². The van der Waals surface area contributed by atoms with Crippen LogP contribution in [-0.2, 0) is 14.4 Å². The van der Waals surface area contributed by atoms with Crippen LogP contribution in [-0.4, -0.2) is 33.5 Å². The Morgan fingerprint density at radius 2 is 1.92 bits per heavy atom. The standard InChI is InChI=1S/C16H12N4O3S/c1-9-14(15(23)20(18-9)10-5-3-2-4-6-10)11-8-24-16-17-12(21)7-13(22)19(11)16/h2-6,8,14H,7H2,1H3. The van der Waals surface area contributed by atoms with Crippen LogP contribution in [0, 0.1) is 5.92 Å². The molecule has 0 spiro atoms. The van der Waals surface area contributed by atoms with Gasteiger partial charge in [0, 0.05) is 5.41 Å². The van der Waals surface area contributed by atoms with Crippen LogP contribution in [0.2, 0.25) is 0 Å². The Morgan fingerprint density at radius 3 is 2.67 bits per heavy atom. The third-order valence-electron chi connectivity index (χ3n) is 3.93. The first-order valence-corrected chi connectivity index (χ1v) is 8.19. The van der Waals surface area contributed by atoms with Gasteiger partial charge >= 0.3 is 0 Å². The molecule has 7 nitrogen and oxygen atoms in total. The molecule has 0 N–H and O–H groups in total. The Labute approximate surface area is 141 Å². The van der Waals surface area contributed by atoms with Crippen LogP contribution >= 0.6 is 11.8 Å². The molecule has 3 aliphatic heterocycles. The van der Waals surface area contributed by atoms with E-state index >= 15 is 0 Å². The third-order valence-corrected chi connectivity index (χ3v) is 4.78. The lowest BCUT2D eigenvalue weighted by Gasteiger charge is -2.25. The second-order valence-electron chi connectivity index (χ2n) is 5.51. The van der Waals surface area contributed by atoms with Crippen molar-refractivity contribution in [3.05, 3.63) is 41.4 Å². The summed E-state index contributed by atoms with van der Waals surface area (Å²) in [6.07, 6.45) is -0.277. The smallest absolute Gasteiger partial charge is 0.262 e. The zero-order valence-corrected chi connectivity index (χ0v) is 13.5. The van der Waals surface area contributed by atoms with E-state index in [9.17, 15) is 14.4 Å². The van der Waals surface area contributed by atoms with E-state index in [-0.39, 0.29) is 18.2 Å². The zero-order valence-electron chi connectivity index (χ0n) is 12.7. The number of fused-ring (bicyclic) bond motifs is 1. The van der Waals surface area contributed by atoms with Crippen LogP contribution in [0.4, 0.5) is 5.69 Å². The Balaban J connectivity index is 1.68. The number of benzene rings is 1. The summed E-state index contributed by atoms with van der Waals surface area (Å²) in [5.41, 5.74) is 1.78. The molecule has 120 valence electrons. The highest BCUT2D eigenvalue weighted by molar-refractivity contribution is 8.16. The number of hydrogen-bond acceptors (Lipinski definition) is 5. The average Bonchev–Trinajstić information content (AvgIpc) is 3.09. The van der Waals surface area contributed by atoms with Crippen LogP contribution in [0.1, 0.15) is 13.3 Å². The molecule has 24 heavy (non-hydrogen) atoms. The molecule has 3 aliphatic rings. The molecule has 1 unspecified atom stereocenters. The van der Waals surface area contributed by atoms with Gasteiger partial charge in [0.1, 0.15) is 12.3 Å². The number of carbonyl (C=O) groups is 3. The van der Waals surface area contributed by atoms with E-state index in [2.05, 4.69) is 10.1 Å². The van der Waals surface area contributed by atoms with E-state index in [1.807, 2.05) is 18.2 Å². The predicted octanol–water partition coefficient (Wildman–Crippen LogP) is 1.73. The molecule has 0 saturated carbocycles. The quantitative estimate of drug-likeness (QED) is 0.768. The van der Waals surface area contributed by atoms with Gasteiger partial charge in [-0.25, -0.2) is 0 Å². The van der Waals surface area contributed by atoms with Gasteiger partial charge in [-0.05, 0) is 19.1 Å². The normalized spacial score (nSPS) is 23.3. The van der Waals surface area contributed by atoms with Crippen molar-refractivity contribution in [1.82, 2.24) is 4.90 Å². The van der Waals surface area contributed by atoms with Gasteiger partial charge in [0.2, 0.25) is 5.91 Å². The highest BCUT2D eigenvalue weighted by Gasteiger charge is 2.45. The highest BCUT2D eigenvalue weighted by Crippen LogP contribution is 2.38. The minimum absolute atomic E-state index is 0.225. The molecule has 0 saturated heterocycles. The molecule has 1 atom stereocenters. The molecule has 0 fully saturated rings. The number of thioether (sulfide) groups is 1. The summed E-state index contributed by atoms with van der Waals surface area (Å²) < 4.78 is 0. The maximum Gasteiger partial charge on any atom is 0.262 e. The summed E-state index contributed by atoms with van der Waals surface area (Å²) in [4.78, 5) is 41.8. The second kappa shape index (κ2) is 5.41. The van der Waals surface area contributed by atoms with Crippen molar-refractivity contribution < 1.29 is 14.4 Å². The highest BCUT2D eigenvalue weighted by atomic mass is 32.2. The van der Waals surface area contributed by atoms with Crippen molar-refractivity contribution in [2.45, 2.75) is 13.3 Å². The van der Waals surface area contributed by atoms with Gasteiger partial charge in [-0.15, -0.1) is 0 Å². The average molecular weight is 340 g/mol. The summed E-state index contributed by atoms with van der Waals surface area (Å²) in [6.45, 7) is 1.76. The molecule has 1 aromatic rings. The van der Waals surface area contributed by atoms with Gasteiger partial charge in [-0.1, -0.05) is 30.0 Å². The van der Waals surface area contributed by atoms with Crippen molar-refractivity contribution in [2.24, 2.45) is 16.0 Å². The summed E-state index contributed by atoms with van der Waals surface area (Å²) in [7, 11) is 0. The number of hydrazone groups is 1. The molecular weight excluding hydrogens is 328 g/mol. The molecule has 3 heterocycles. The summed E-state index contributed by atoms with van der Waals surface area (Å²) in [6, 6.07) is 9.12. The van der Waals surface area contributed by atoms with Crippen LogP contribution in [0.15, 0.2) is 51.5 Å². The molecular formula is C16H12N4O3S. The minimum atomic E-state index is -0.650. The molecule has 8 heteroatoms. The molecule has 0 radical (unpaired) electrons. The van der Waals surface area contributed by atoms with E-state index in [4.69, 9.17) is 0 Å². The number of carbonyl (C=O) groups excluding carboxylic acids is 3. The number of hydrogen-bond donors (Lipinski definition) is 0. The maximum atomic E-state index is 12.9. The number of anilines is 1. The lowest BCUT2D eigenvalue weighted by Crippen LogP contribution is -2.41. The number of aliphatic imine (C=N–C) groups is 1. The molecule has 1 aromatic carbocycles. The summed E-state index contributed by atoms with van der Waals surface area (Å²) in [5, 5.41) is 7.71. The summed E-state index contributed by atoms with van der Waals surface area (Å²) >= 11 is 1.18. The van der Waals surface area contributed by atoms with E-state index in [0.29, 0.717) is 22.3 Å². The second-order valence-corrected chi connectivity index (χ2v) is 6.35. The van der Waals surface area contributed by atoms with Crippen molar-refractivity contribution in [2.75, 3.05) is 5.01 Å². The van der Waals surface area contributed by atoms with Crippen LogP contribution in [0.5, 0.6) is 0 Å². The van der Waals surface area contributed by atoms with E-state index in [1.165, 1.54) is 21.7 Å². The Hall–Kier alpha value is -2.74. The van der Waals surface area contributed by atoms with E-state index < -0.39 is 11.8 Å². The molecule has 0 bridgehead atoms. The Kier molecular flexibility index (Phi) is 3.34. The van der Waals surface area contributed by atoms with Crippen molar-refractivity contribution >= 4 is 46.1 Å². The largest absolute Gasteiger partial charge is 0.273 e. The molecule has 4 rings (SSSR count).